The molecule has 4 nitrogen and oxygen atoms in total. The highest BCUT2D eigenvalue weighted by Crippen LogP contribution is 2.29. The van der Waals surface area contributed by atoms with Gasteiger partial charge in [-0.2, -0.15) is 4.98 Å². The normalized spacial score (nSPS) is 11.7. The number of rotatable bonds is 2. The van der Waals surface area contributed by atoms with Crippen molar-refractivity contribution in [3.63, 3.8) is 0 Å². The van der Waals surface area contributed by atoms with Crippen molar-refractivity contribution < 1.29 is 0 Å². The third-order valence-electron chi connectivity index (χ3n) is 2.66. The van der Waals surface area contributed by atoms with Crippen molar-refractivity contribution in [2.24, 2.45) is 0 Å². The molecule has 0 aliphatic rings. The number of H-pyrrole nitrogens is 1. The van der Waals surface area contributed by atoms with Crippen molar-refractivity contribution in [3.8, 4) is 0 Å². The van der Waals surface area contributed by atoms with Gasteiger partial charge in [0, 0.05) is 10.4 Å². The van der Waals surface area contributed by atoms with Gasteiger partial charge in [0.25, 0.3) is 0 Å². The van der Waals surface area contributed by atoms with Crippen LogP contribution >= 0.6 is 11.6 Å². The van der Waals surface area contributed by atoms with E-state index in [4.69, 9.17) is 17.3 Å². The monoisotopic (exact) mass is 236 g/mol. The SMILES string of the molecule is CC(C)(c1ccc(Cl)cc1)c1nc(N)n[nH]1. The van der Waals surface area contributed by atoms with Crippen LogP contribution in [-0.2, 0) is 5.41 Å². The Bertz CT molecular complexity index is 487. The van der Waals surface area contributed by atoms with E-state index in [9.17, 15) is 0 Å². The molecule has 0 saturated carbocycles. The lowest BCUT2D eigenvalue weighted by atomic mass is 9.84. The molecule has 0 fully saturated rings. The smallest absolute Gasteiger partial charge is 0.239 e. The molecule has 16 heavy (non-hydrogen) atoms. The fourth-order valence-corrected chi connectivity index (χ4v) is 1.68. The van der Waals surface area contributed by atoms with Crippen molar-refractivity contribution in [2.45, 2.75) is 19.3 Å². The lowest BCUT2D eigenvalue weighted by Gasteiger charge is -2.22. The predicted octanol–water partition coefficient (Wildman–Crippen LogP) is 2.37. The molecule has 0 saturated heterocycles. The summed E-state index contributed by atoms with van der Waals surface area (Å²) in [7, 11) is 0. The number of anilines is 1. The molecule has 0 aliphatic heterocycles. The number of nitrogen functional groups attached to an aromatic ring is 1. The molecule has 0 unspecified atom stereocenters. The van der Waals surface area contributed by atoms with Crippen LogP contribution in [0.5, 0.6) is 0 Å². The number of aromatic nitrogens is 3. The molecular formula is C11H13ClN4. The lowest BCUT2D eigenvalue weighted by Crippen LogP contribution is -2.20. The molecule has 0 bridgehead atoms. The fourth-order valence-electron chi connectivity index (χ4n) is 1.56. The molecule has 0 atom stereocenters. The van der Waals surface area contributed by atoms with E-state index < -0.39 is 0 Å². The van der Waals surface area contributed by atoms with Gasteiger partial charge in [0.2, 0.25) is 5.95 Å². The van der Waals surface area contributed by atoms with Crippen molar-refractivity contribution >= 4 is 17.5 Å². The number of halogens is 1. The van der Waals surface area contributed by atoms with Gasteiger partial charge in [-0.1, -0.05) is 23.7 Å². The van der Waals surface area contributed by atoms with E-state index in [0.29, 0.717) is 0 Å². The Morgan fingerprint density at radius 2 is 1.88 bits per heavy atom. The molecule has 0 spiro atoms. The van der Waals surface area contributed by atoms with Crippen LogP contribution in [0.3, 0.4) is 0 Å². The van der Waals surface area contributed by atoms with Crippen LogP contribution in [0.4, 0.5) is 5.95 Å². The number of aromatic amines is 1. The Hall–Kier alpha value is -1.55. The molecular weight excluding hydrogens is 224 g/mol. The zero-order chi connectivity index (χ0) is 11.8. The maximum Gasteiger partial charge on any atom is 0.239 e. The van der Waals surface area contributed by atoms with Gasteiger partial charge in [0.1, 0.15) is 5.82 Å². The quantitative estimate of drug-likeness (QED) is 0.841. The van der Waals surface area contributed by atoms with Crippen molar-refractivity contribution in [1.82, 2.24) is 15.2 Å². The van der Waals surface area contributed by atoms with E-state index >= 15 is 0 Å². The molecule has 0 radical (unpaired) electrons. The van der Waals surface area contributed by atoms with Gasteiger partial charge in [0.15, 0.2) is 0 Å². The molecule has 0 amide bonds. The highest BCUT2D eigenvalue weighted by Gasteiger charge is 2.26. The molecule has 2 aromatic rings. The van der Waals surface area contributed by atoms with Gasteiger partial charge >= 0.3 is 0 Å². The first-order valence-electron chi connectivity index (χ1n) is 4.94. The average Bonchev–Trinajstić information content (AvgIpc) is 2.66. The Morgan fingerprint density at radius 1 is 1.25 bits per heavy atom. The molecule has 0 aliphatic carbocycles. The van der Waals surface area contributed by atoms with Crippen LogP contribution in [0, 0.1) is 0 Å². The summed E-state index contributed by atoms with van der Waals surface area (Å²) in [4.78, 5) is 4.16. The zero-order valence-electron chi connectivity index (χ0n) is 9.16. The van der Waals surface area contributed by atoms with E-state index in [1.165, 1.54) is 0 Å². The lowest BCUT2D eigenvalue weighted by molar-refractivity contribution is 0.593. The molecule has 1 heterocycles. The summed E-state index contributed by atoms with van der Waals surface area (Å²) in [6.07, 6.45) is 0. The summed E-state index contributed by atoms with van der Waals surface area (Å²) >= 11 is 5.86. The first-order chi connectivity index (χ1) is 7.50. The topological polar surface area (TPSA) is 67.6 Å². The van der Waals surface area contributed by atoms with Crippen molar-refractivity contribution in [3.05, 3.63) is 40.7 Å². The largest absolute Gasteiger partial charge is 0.367 e. The van der Waals surface area contributed by atoms with Crippen LogP contribution in [0.2, 0.25) is 5.02 Å². The third-order valence-corrected chi connectivity index (χ3v) is 2.91. The zero-order valence-corrected chi connectivity index (χ0v) is 9.92. The number of benzene rings is 1. The van der Waals surface area contributed by atoms with E-state index in [1.807, 2.05) is 24.3 Å². The molecule has 1 aromatic carbocycles. The van der Waals surface area contributed by atoms with Gasteiger partial charge in [-0.25, -0.2) is 0 Å². The fraction of sp³-hybridized carbons (Fsp3) is 0.273. The second-order valence-corrected chi connectivity index (χ2v) is 4.61. The van der Waals surface area contributed by atoms with Gasteiger partial charge in [-0.15, -0.1) is 5.10 Å². The van der Waals surface area contributed by atoms with E-state index in [2.05, 4.69) is 29.0 Å². The highest BCUT2D eigenvalue weighted by atomic mass is 35.5. The van der Waals surface area contributed by atoms with E-state index in [1.54, 1.807) is 0 Å². The van der Waals surface area contributed by atoms with Crippen LogP contribution in [0.25, 0.3) is 0 Å². The number of hydrogen-bond acceptors (Lipinski definition) is 3. The minimum Gasteiger partial charge on any atom is -0.367 e. The van der Waals surface area contributed by atoms with Crippen molar-refractivity contribution in [1.29, 1.82) is 0 Å². The summed E-state index contributed by atoms with van der Waals surface area (Å²) in [5.41, 5.74) is 6.34. The summed E-state index contributed by atoms with van der Waals surface area (Å²) in [6.45, 7) is 4.10. The highest BCUT2D eigenvalue weighted by molar-refractivity contribution is 6.30. The van der Waals surface area contributed by atoms with Crippen LogP contribution in [0.15, 0.2) is 24.3 Å². The maximum absolute atomic E-state index is 5.86. The van der Waals surface area contributed by atoms with Crippen LogP contribution < -0.4 is 5.73 Å². The average molecular weight is 237 g/mol. The predicted molar refractivity (Wildman–Crippen MR) is 64.4 cm³/mol. The maximum atomic E-state index is 5.86. The first-order valence-corrected chi connectivity index (χ1v) is 5.32. The van der Waals surface area contributed by atoms with Gasteiger partial charge < -0.3 is 5.73 Å². The van der Waals surface area contributed by atoms with Crippen molar-refractivity contribution in [2.75, 3.05) is 5.73 Å². The Balaban J connectivity index is 2.42. The van der Waals surface area contributed by atoms with Gasteiger partial charge in [-0.05, 0) is 31.5 Å². The minimum atomic E-state index is -0.269. The summed E-state index contributed by atoms with van der Waals surface area (Å²) in [5, 5.41) is 7.40. The standard InChI is InChI=1S/C11H13ClN4/c1-11(2,9-14-10(13)16-15-9)7-3-5-8(12)6-4-7/h3-6H,1-2H3,(H3,13,14,15,16). The Morgan fingerprint density at radius 3 is 2.38 bits per heavy atom. The van der Waals surface area contributed by atoms with Crippen LogP contribution in [-0.4, -0.2) is 15.2 Å². The Kier molecular flexibility index (Phi) is 2.59. The van der Waals surface area contributed by atoms with E-state index in [0.717, 1.165) is 16.4 Å². The van der Waals surface area contributed by atoms with Gasteiger partial charge in [0.05, 0.1) is 0 Å². The number of nitrogens with zero attached hydrogens (tertiary/aromatic N) is 2. The second-order valence-electron chi connectivity index (χ2n) is 4.17. The summed E-state index contributed by atoms with van der Waals surface area (Å²) in [6, 6.07) is 7.67. The number of nitrogens with one attached hydrogen (secondary N) is 1. The van der Waals surface area contributed by atoms with E-state index in [-0.39, 0.29) is 11.4 Å². The second kappa shape index (κ2) is 3.79. The van der Waals surface area contributed by atoms with Crippen LogP contribution in [0.1, 0.15) is 25.2 Å². The third kappa shape index (κ3) is 1.88. The molecule has 2 rings (SSSR count). The molecule has 1 aromatic heterocycles. The summed E-state index contributed by atoms with van der Waals surface area (Å²) < 4.78 is 0. The minimum absolute atomic E-state index is 0.261. The number of nitrogens with two attached hydrogens (primary N) is 1. The molecule has 3 N–H and O–H groups in total. The Labute approximate surface area is 98.8 Å². The molecule has 5 heteroatoms. The number of hydrogen-bond donors (Lipinski definition) is 2. The first kappa shape index (κ1) is 11.0. The summed E-state index contributed by atoms with van der Waals surface area (Å²) in [5.74, 6) is 1.00. The van der Waals surface area contributed by atoms with Gasteiger partial charge in [-0.3, -0.25) is 5.10 Å². The molecule has 84 valence electrons.